The molecule has 0 aliphatic heterocycles. The molecule has 1 aliphatic carbocycles. The predicted octanol–water partition coefficient (Wildman–Crippen LogP) is 2.57. The number of aryl methyl sites for hydroxylation is 4. The molecule has 0 bridgehead atoms. The topological polar surface area (TPSA) is 79.8 Å². The Kier molecular flexibility index (Phi) is 3.92. The Labute approximate surface area is 147 Å². The van der Waals surface area contributed by atoms with Crippen LogP contribution in [0.5, 0.6) is 0 Å². The Hall–Kier alpha value is -2.12. The number of hydrogen-bond acceptors (Lipinski definition) is 3. The normalized spacial score (nSPS) is 14.8. The van der Waals surface area contributed by atoms with Crippen molar-refractivity contribution < 1.29 is 8.42 Å². The lowest BCUT2D eigenvalue weighted by Gasteiger charge is -2.10. The van der Waals surface area contributed by atoms with Gasteiger partial charge in [-0.25, -0.2) is 18.1 Å². The Bertz CT molecular complexity index is 1030. The molecule has 25 heavy (non-hydrogen) atoms. The maximum Gasteiger partial charge on any atom is 0.259 e. The van der Waals surface area contributed by atoms with Crippen molar-refractivity contribution in [2.24, 2.45) is 7.05 Å². The van der Waals surface area contributed by atoms with Crippen molar-refractivity contribution in [1.82, 2.24) is 19.3 Å². The van der Waals surface area contributed by atoms with E-state index >= 15 is 0 Å². The monoisotopic (exact) mass is 358 g/mol. The highest BCUT2D eigenvalue weighted by atomic mass is 32.2. The van der Waals surface area contributed by atoms with Gasteiger partial charge in [0, 0.05) is 36.4 Å². The summed E-state index contributed by atoms with van der Waals surface area (Å²) in [7, 11) is -1.83. The second kappa shape index (κ2) is 6.00. The van der Waals surface area contributed by atoms with Crippen LogP contribution in [0, 0.1) is 6.92 Å². The third-order valence-electron chi connectivity index (χ3n) is 4.99. The van der Waals surface area contributed by atoms with E-state index in [9.17, 15) is 8.42 Å². The Morgan fingerprint density at radius 2 is 2.08 bits per heavy atom. The van der Waals surface area contributed by atoms with Gasteiger partial charge in [-0.2, -0.15) is 0 Å². The molecule has 0 amide bonds. The number of nitrogens with one attached hydrogen (secondary N) is 2. The van der Waals surface area contributed by atoms with Crippen molar-refractivity contribution >= 4 is 20.9 Å². The van der Waals surface area contributed by atoms with E-state index in [4.69, 9.17) is 0 Å². The van der Waals surface area contributed by atoms with Crippen LogP contribution in [0.2, 0.25) is 0 Å². The molecule has 132 valence electrons. The SMILES string of the molecule is Cc1nc(S(=O)(=O)NCc2ccc3[nH]c4c(c3c2)CCCC4)cn1C. The molecular weight excluding hydrogens is 336 g/mol. The van der Waals surface area contributed by atoms with E-state index in [1.807, 2.05) is 12.1 Å². The second-order valence-corrected chi connectivity index (χ2v) is 8.44. The zero-order valence-corrected chi connectivity index (χ0v) is 15.3. The summed E-state index contributed by atoms with van der Waals surface area (Å²) in [6.07, 6.45) is 6.18. The molecule has 2 N–H and O–H groups in total. The fourth-order valence-corrected chi connectivity index (χ4v) is 4.52. The van der Waals surface area contributed by atoms with Crippen LogP contribution in [0.15, 0.2) is 29.4 Å². The first kappa shape index (κ1) is 16.4. The van der Waals surface area contributed by atoms with Gasteiger partial charge in [-0.15, -0.1) is 0 Å². The fourth-order valence-electron chi connectivity index (χ4n) is 3.47. The lowest BCUT2D eigenvalue weighted by atomic mass is 9.95. The first-order valence-electron chi connectivity index (χ1n) is 8.56. The Balaban J connectivity index is 1.58. The summed E-state index contributed by atoms with van der Waals surface area (Å²) in [6.45, 7) is 2.04. The Morgan fingerprint density at radius 3 is 2.84 bits per heavy atom. The number of hydrogen-bond donors (Lipinski definition) is 2. The molecule has 2 aromatic heterocycles. The van der Waals surface area contributed by atoms with Gasteiger partial charge in [0.2, 0.25) is 0 Å². The molecule has 1 aliphatic rings. The summed E-state index contributed by atoms with van der Waals surface area (Å²) in [5.41, 5.74) is 4.82. The van der Waals surface area contributed by atoms with Gasteiger partial charge >= 0.3 is 0 Å². The molecule has 0 atom stereocenters. The maximum absolute atomic E-state index is 12.4. The quantitative estimate of drug-likeness (QED) is 0.752. The average molecular weight is 358 g/mol. The summed E-state index contributed by atoms with van der Waals surface area (Å²) in [6, 6.07) is 6.11. The van der Waals surface area contributed by atoms with Gasteiger partial charge in [0.05, 0.1) is 0 Å². The minimum absolute atomic E-state index is 0.0626. The zero-order valence-electron chi connectivity index (χ0n) is 14.5. The van der Waals surface area contributed by atoms with Crippen molar-refractivity contribution in [3.63, 3.8) is 0 Å². The van der Waals surface area contributed by atoms with Crippen molar-refractivity contribution in [3.05, 3.63) is 47.0 Å². The van der Waals surface area contributed by atoms with E-state index < -0.39 is 10.0 Å². The minimum Gasteiger partial charge on any atom is -0.358 e. The largest absolute Gasteiger partial charge is 0.358 e. The first-order chi connectivity index (χ1) is 11.9. The summed E-state index contributed by atoms with van der Waals surface area (Å²) >= 11 is 0. The lowest BCUT2D eigenvalue weighted by molar-refractivity contribution is 0.578. The lowest BCUT2D eigenvalue weighted by Crippen LogP contribution is -2.23. The number of rotatable bonds is 4. The van der Waals surface area contributed by atoms with Crippen molar-refractivity contribution in [2.75, 3.05) is 0 Å². The molecule has 4 rings (SSSR count). The number of sulfonamides is 1. The highest BCUT2D eigenvalue weighted by Gasteiger charge is 2.19. The van der Waals surface area contributed by atoms with Gasteiger partial charge < -0.3 is 9.55 Å². The van der Waals surface area contributed by atoms with Crippen molar-refractivity contribution in [3.8, 4) is 0 Å². The molecule has 7 heteroatoms. The summed E-state index contributed by atoms with van der Waals surface area (Å²) in [4.78, 5) is 7.60. The number of H-pyrrole nitrogens is 1. The van der Waals surface area contributed by atoms with E-state index in [1.54, 1.807) is 18.5 Å². The number of nitrogens with zero attached hydrogens (tertiary/aromatic N) is 2. The number of fused-ring (bicyclic) bond motifs is 3. The van der Waals surface area contributed by atoms with E-state index in [2.05, 4.69) is 20.8 Å². The van der Waals surface area contributed by atoms with Crippen LogP contribution in [0.1, 0.15) is 35.5 Å². The average Bonchev–Trinajstić information content (AvgIpc) is 3.13. The van der Waals surface area contributed by atoms with Crippen LogP contribution < -0.4 is 4.72 Å². The van der Waals surface area contributed by atoms with Crippen LogP contribution in [0.4, 0.5) is 0 Å². The predicted molar refractivity (Wildman–Crippen MR) is 96.9 cm³/mol. The molecule has 0 fully saturated rings. The van der Waals surface area contributed by atoms with Crippen LogP contribution >= 0.6 is 0 Å². The number of benzene rings is 1. The molecule has 1 aromatic carbocycles. The van der Waals surface area contributed by atoms with E-state index in [0.29, 0.717) is 5.82 Å². The van der Waals surface area contributed by atoms with Crippen LogP contribution in [0.3, 0.4) is 0 Å². The highest BCUT2D eigenvalue weighted by molar-refractivity contribution is 7.89. The number of imidazole rings is 1. The third-order valence-corrected chi connectivity index (χ3v) is 6.26. The Morgan fingerprint density at radius 1 is 1.28 bits per heavy atom. The molecule has 0 radical (unpaired) electrons. The van der Waals surface area contributed by atoms with Gasteiger partial charge in [0.25, 0.3) is 10.0 Å². The van der Waals surface area contributed by atoms with Gasteiger partial charge in [0.1, 0.15) is 5.82 Å². The van der Waals surface area contributed by atoms with Gasteiger partial charge in [0.15, 0.2) is 5.03 Å². The minimum atomic E-state index is -3.61. The first-order valence-corrected chi connectivity index (χ1v) is 10.0. The highest BCUT2D eigenvalue weighted by Crippen LogP contribution is 2.29. The third kappa shape index (κ3) is 2.98. The maximum atomic E-state index is 12.4. The molecule has 0 saturated heterocycles. The van der Waals surface area contributed by atoms with E-state index in [-0.39, 0.29) is 11.6 Å². The van der Waals surface area contributed by atoms with Gasteiger partial charge in [-0.1, -0.05) is 6.07 Å². The van der Waals surface area contributed by atoms with E-state index in [1.165, 1.54) is 35.7 Å². The number of aromatic nitrogens is 3. The second-order valence-electron chi connectivity index (χ2n) is 6.73. The zero-order chi connectivity index (χ0) is 17.6. The van der Waals surface area contributed by atoms with Crippen LogP contribution in [-0.4, -0.2) is 23.0 Å². The van der Waals surface area contributed by atoms with Crippen LogP contribution in [0.25, 0.3) is 10.9 Å². The molecule has 0 spiro atoms. The van der Waals surface area contributed by atoms with Crippen molar-refractivity contribution in [1.29, 1.82) is 0 Å². The smallest absolute Gasteiger partial charge is 0.259 e. The standard InChI is InChI=1S/C18H22N4O2S/c1-12-20-18(11-22(12)2)25(23,24)19-10-13-7-8-17-15(9-13)14-5-3-4-6-16(14)21-17/h7-9,11,19,21H,3-6,10H2,1-2H3. The molecule has 2 heterocycles. The molecular formula is C18H22N4O2S. The number of aromatic amines is 1. The molecule has 6 nitrogen and oxygen atoms in total. The summed E-state index contributed by atoms with van der Waals surface area (Å²) in [5.74, 6) is 0.667. The van der Waals surface area contributed by atoms with Crippen molar-refractivity contribution in [2.45, 2.75) is 44.2 Å². The van der Waals surface area contributed by atoms with Gasteiger partial charge in [-0.3, -0.25) is 0 Å². The fraction of sp³-hybridized carbons (Fsp3) is 0.389. The molecule has 0 unspecified atom stereocenters. The van der Waals surface area contributed by atoms with Gasteiger partial charge in [-0.05, 0) is 55.9 Å². The van der Waals surface area contributed by atoms with Crippen LogP contribution in [-0.2, 0) is 36.5 Å². The van der Waals surface area contributed by atoms with E-state index in [0.717, 1.165) is 23.9 Å². The molecule has 0 saturated carbocycles. The summed E-state index contributed by atoms with van der Waals surface area (Å²) < 4.78 is 29.2. The summed E-state index contributed by atoms with van der Waals surface area (Å²) in [5, 5.41) is 1.28. The molecule has 3 aromatic rings.